The van der Waals surface area contributed by atoms with Crippen LogP contribution in [0.5, 0.6) is 0 Å². The van der Waals surface area contributed by atoms with Gasteiger partial charge in [-0.25, -0.2) is 0 Å². The quantitative estimate of drug-likeness (QED) is 0.349. The fourth-order valence-electron chi connectivity index (χ4n) is 1.34. The molecule has 18 heavy (non-hydrogen) atoms. The van der Waals surface area contributed by atoms with Gasteiger partial charge in [-0.2, -0.15) is 0 Å². The van der Waals surface area contributed by atoms with Crippen LogP contribution in [0.25, 0.3) is 0 Å². The minimum absolute atomic E-state index is 0.278. The van der Waals surface area contributed by atoms with Crippen LogP contribution in [0.2, 0.25) is 0 Å². The molecule has 0 spiro atoms. The van der Waals surface area contributed by atoms with Gasteiger partial charge >= 0.3 is 5.97 Å². The third-order valence-electron chi connectivity index (χ3n) is 2.20. The third-order valence-corrected chi connectivity index (χ3v) is 2.20. The lowest BCUT2D eigenvalue weighted by Gasteiger charge is -2.02. The highest BCUT2D eigenvalue weighted by molar-refractivity contribution is 6.07. The summed E-state index contributed by atoms with van der Waals surface area (Å²) in [6, 6.07) is 6.88. The van der Waals surface area contributed by atoms with Gasteiger partial charge in [0, 0.05) is 18.2 Å². The van der Waals surface area contributed by atoms with Crippen molar-refractivity contribution in [3.63, 3.8) is 0 Å². The number of carbonyl (C=O) groups excluding carboxylic acids is 2. The second kappa shape index (κ2) is 7.25. The minimum atomic E-state index is -0.556. The molecule has 0 saturated heterocycles. The minimum Gasteiger partial charge on any atom is -0.469 e. The highest BCUT2D eigenvalue weighted by atomic mass is 16.5. The molecule has 0 aromatic heterocycles. The Bertz CT molecular complexity index is 494. The second-order valence-electron chi connectivity index (χ2n) is 3.46. The largest absolute Gasteiger partial charge is 0.469 e. The Morgan fingerprint density at radius 3 is 2.61 bits per heavy atom. The van der Waals surface area contributed by atoms with Gasteiger partial charge in [-0.15, -0.1) is 0 Å². The van der Waals surface area contributed by atoms with E-state index in [0.717, 1.165) is 0 Å². The van der Waals surface area contributed by atoms with Crippen LogP contribution in [0.15, 0.2) is 24.3 Å². The molecule has 0 N–H and O–H groups in total. The summed E-state index contributed by atoms with van der Waals surface area (Å²) >= 11 is 0. The van der Waals surface area contributed by atoms with Crippen LogP contribution < -0.4 is 0 Å². The number of hydrogen-bond acceptors (Lipinski definition) is 4. The van der Waals surface area contributed by atoms with Crippen LogP contribution in [-0.4, -0.2) is 32.6 Å². The molecular weight excluding hydrogens is 232 g/mol. The van der Waals surface area contributed by atoms with E-state index in [9.17, 15) is 9.59 Å². The molecule has 0 amide bonds. The van der Waals surface area contributed by atoms with Crippen LogP contribution in [-0.2, 0) is 14.3 Å². The number of esters is 1. The normalized spacial score (nSPS) is 9.22. The van der Waals surface area contributed by atoms with Crippen molar-refractivity contribution in [2.24, 2.45) is 0 Å². The summed E-state index contributed by atoms with van der Waals surface area (Å²) < 4.78 is 9.28. The highest BCUT2D eigenvalue weighted by Crippen LogP contribution is 2.10. The molecule has 0 aliphatic carbocycles. The van der Waals surface area contributed by atoms with Crippen molar-refractivity contribution in [3.05, 3.63) is 35.4 Å². The predicted molar refractivity (Wildman–Crippen MR) is 66.2 cm³/mol. The van der Waals surface area contributed by atoms with Gasteiger partial charge in [0.25, 0.3) is 0 Å². The fraction of sp³-hybridized carbons (Fsp3) is 0.286. The van der Waals surface area contributed by atoms with E-state index in [2.05, 4.69) is 16.6 Å². The summed E-state index contributed by atoms with van der Waals surface area (Å²) in [6.07, 6.45) is -0.278. The molecular formula is C14H14O4. The van der Waals surface area contributed by atoms with Crippen molar-refractivity contribution in [1.82, 2.24) is 0 Å². The molecule has 0 heterocycles. The fourth-order valence-corrected chi connectivity index (χ4v) is 1.34. The van der Waals surface area contributed by atoms with Gasteiger partial charge in [-0.1, -0.05) is 30.0 Å². The standard InChI is InChI=1S/C14H14O4/c1-17-9-5-7-11-6-3-4-8-12(11)13(15)10-14(16)18-2/h3-4,6,8H,9-10H2,1-2H3. The van der Waals surface area contributed by atoms with E-state index in [1.165, 1.54) is 7.11 Å². The maximum Gasteiger partial charge on any atom is 0.313 e. The SMILES string of the molecule is COCC#Cc1ccccc1C(=O)CC(=O)OC. The zero-order chi connectivity index (χ0) is 13.4. The van der Waals surface area contributed by atoms with Crippen molar-refractivity contribution in [2.75, 3.05) is 20.8 Å². The van der Waals surface area contributed by atoms with Crippen LogP contribution in [0.1, 0.15) is 22.3 Å². The van der Waals surface area contributed by atoms with E-state index < -0.39 is 5.97 Å². The monoisotopic (exact) mass is 246 g/mol. The summed E-state index contributed by atoms with van der Waals surface area (Å²) in [7, 11) is 2.79. The first-order valence-corrected chi connectivity index (χ1v) is 5.36. The van der Waals surface area contributed by atoms with Gasteiger partial charge in [-0.05, 0) is 6.07 Å². The topological polar surface area (TPSA) is 52.6 Å². The van der Waals surface area contributed by atoms with E-state index in [0.29, 0.717) is 17.7 Å². The Labute approximate surface area is 106 Å². The van der Waals surface area contributed by atoms with Gasteiger partial charge in [-0.3, -0.25) is 9.59 Å². The lowest BCUT2D eigenvalue weighted by Crippen LogP contribution is -2.10. The smallest absolute Gasteiger partial charge is 0.313 e. The van der Waals surface area contributed by atoms with Gasteiger partial charge < -0.3 is 9.47 Å². The Balaban J connectivity index is 2.92. The maximum atomic E-state index is 11.9. The average molecular weight is 246 g/mol. The molecule has 0 bridgehead atoms. The van der Waals surface area contributed by atoms with E-state index in [1.807, 2.05) is 0 Å². The average Bonchev–Trinajstić information content (AvgIpc) is 2.39. The summed E-state index contributed by atoms with van der Waals surface area (Å²) in [4.78, 5) is 22.9. The molecule has 0 saturated carbocycles. The Kier molecular flexibility index (Phi) is 5.62. The van der Waals surface area contributed by atoms with E-state index >= 15 is 0 Å². The van der Waals surface area contributed by atoms with Crippen molar-refractivity contribution in [2.45, 2.75) is 6.42 Å². The number of benzene rings is 1. The van der Waals surface area contributed by atoms with Crippen LogP contribution in [0.4, 0.5) is 0 Å². The summed E-state index contributed by atoms with van der Waals surface area (Å²) in [5.41, 5.74) is 1.01. The lowest BCUT2D eigenvalue weighted by atomic mass is 10.0. The van der Waals surface area contributed by atoms with Crippen molar-refractivity contribution in [1.29, 1.82) is 0 Å². The van der Waals surface area contributed by atoms with Gasteiger partial charge in [0.05, 0.1) is 7.11 Å². The summed E-state index contributed by atoms with van der Waals surface area (Å²) in [5.74, 6) is 4.75. The van der Waals surface area contributed by atoms with Crippen molar-refractivity contribution < 1.29 is 19.1 Å². The number of carbonyl (C=O) groups is 2. The van der Waals surface area contributed by atoms with E-state index in [1.54, 1.807) is 31.4 Å². The summed E-state index contributed by atoms with van der Waals surface area (Å²) in [6.45, 7) is 0.291. The molecule has 0 radical (unpaired) electrons. The molecule has 0 unspecified atom stereocenters. The number of methoxy groups -OCH3 is 2. The lowest BCUT2D eigenvalue weighted by molar-refractivity contribution is -0.139. The molecule has 4 heteroatoms. The Morgan fingerprint density at radius 1 is 1.22 bits per heavy atom. The third kappa shape index (κ3) is 4.04. The number of Topliss-reactive ketones (excluding diaryl/α,β-unsaturated/α-hetero) is 1. The predicted octanol–water partition coefficient (Wildman–Crippen LogP) is 1.43. The first-order valence-electron chi connectivity index (χ1n) is 5.36. The zero-order valence-corrected chi connectivity index (χ0v) is 10.4. The first kappa shape index (κ1) is 13.9. The number of ketones is 1. The molecule has 1 aromatic rings. The molecule has 0 aliphatic heterocycles. The van der Waals surface area contributed by atoms with Gasteiger partial charge in [0.2, 0.25) is 0 Å². The Hall–Kier alpha value is -2.12. The number of hydrogen-bond donors (Lipinski definition) is 0. The molecule has 0 atom stereocenters. The molecule has 1 rings (SSSR count). The Morgan fingerprint density at radius 2 is 1.94 bits per heavy atom. The van der Waals surface area contributed by atoms with Crippen LogP contribution in [0.3, 0.4) is 0 Å². The molecule has 1 aromatic carbocycles. The van der Waals surface area contributed by atoms with Gasteiger partial charge in [0.15, 0.2) is 5.78 Å². The molecule has 0 aliphatic rings. The maximum absolute atomic E-state index is 11.9. The molecule has 4 nitrogen and oxygen atoms in total. The van der Waals surface area contributed by atoms with Crippen LogP contribution in [0, 0.1) is 11.8 Å². The van der Waals surface area contributed by atoms with Gasteiger partial charge in [0.1, 0.15) is 13.0 Å². The molecule has 94 valence electrons. The highest BCUT2D eigenvalue weighted by Gasteiger charge is 2.14. The number of ether oxygens (including phenoxy) is 2. The van der Waals surface area contributed by atoms with Crippen LogP contribution >= 0.6 is 0 Å². The number of rotatable bonds is 4. The van der Waals surface area contributed by atoms with E-state index in [-0.39, 0.29) is 12.2 Å². The van der Waals surface area contributed by atoms with E-state index in [4.69, 9.17) is 4.74 Å². The van der Waals surface area contributed by atoms with Crippen molar-refractivity contribution in [3.8, 4) is 11.8 Å². The second-order valence-corrected chi connectivity index (χ2v) is 3.46. The molecule has 0 fully saturated rings. The summed E-state index contributed by atoms with van der Waals surface area (Å²) in [5, 5.41) is 0. The zero-order valence-electron chi connectivity index (χ0n) is 10.4. The van der Waals surface area contributed by atoms with Crippen molar-refractivity contribution >= 4 is 11.8 Å². The first-order chi connectivity index (χ1) is 8.69.